The largest absolute Gasteiger partial charge is 0.463 e. The highest BCUT2D eigenvalue weighted by Crippen LogP contribution is 1.88. The van der Waals surface area contributed by atoms with Crippen molar-refractivity contribution >= 4 is 5.97 Å². The van der Waals surface area contributed by atoms with E-state index < -0.39 is 0 Å². The van der Waals surface area contributed by atoms with Crippen molar-refractivity contribution in [2.75, 3.05) is 26.2 Å². The molecule has 0 bridgehead atoms. The average molecular weight is 185 g/mol. The van der Waals surface area contributed by atoms with Crippen LogP contribution in [0.2, 0.25) is 0 Å². The van der Waals surface area contributed by atoms with Crippen LogP contribution < -0.4 is 0 Å². The summed E-state index contributed by atoms with van der Waals surface area (Å²) in [5, 5.41) is 0. The van der Waals surface area contributed by atoms with E-state index in [1.165, 1.54) is 6.08 Å². The number of hydrogen-bond acceptors (Lipinski definition) is 3. The van der Waals surface area contributed by atoms with E-state index in [1.807, 2.05) is 6.08 Å². The molecule has 0 heterocycles. The molecule has 0 saturated heterocycles. The van der Waals surface area contributed by atoms with E-state index >= 15 is 0 Å². The summed E-state index contributed by atoms with van der Waals surface area (Å²) in [6, 6.07) is 0. The van der Waals surface area contributed by atoms with Crippen molar-refractivity contribution in [3.63, 3.8) is 0 Å². The van der Waals surface area contributed by atoms with E-state index in [9.17, 15) is 4.79 Å². The average Bonchev–Trinajstić information content (AvgIpc) is 2.13. The molecule has 3 heteroatoms. The second-order valence-corrected chi connectivity index (χ2v) is 2.64. The zero-order valence-corrected chi connectivity index (χ0v) is 8.75. The third kappa shape index (κ3) is 6.34. The fraction of sp³-hybridized carbons (Fsp3) is 0.700. The topological polar surface area (TPSA) is 29.5 Å². The monoisotopic (exact) mass is 185 g/mol. The zero-order chi connectivity index (χ0) is 10.1. The van der Waals surface area contributed by atoms with E-state index in [0.29, 0.717) is 6.61 Å². The highest BCUT2D eigenvalue weighted by Gasteiger charge is 1.96. The van der Waals surface area contributed by atoms with Crippen molar-refractivity contribution < 1.29 is 9.53 Å². The molecule has 0 aromatic carbocycles. The lowest BCUT2D eigenvalue weighted by molar-refractivity contribution is -0.137. The maximum Gasteiger partial charge on any atom is 0.330 e. The number of carbonyl (C=O) groups is 1. The maximum atomic E-state index is 10.9. The Bertz CT molecular complexity index is 162. The van der Waals surface area contributed by atoms with Gasteiger partial charge in [-0.2, -0.15) is 0 Å². The van der Waals surface area contributed by atoms with Gasteiger partial charge in [0.2, 0.25) is 0 Å². The lowest BCUT2D eigenvalue weighted by Crippen LogP contribution is -2.22. The molecular formula is C10H19NO2. The van der Waals surface area contributed by atoms with Crippen LogP contribution in [0.4, 0.5) is 0 Å². The predicted octanol–water partition coefficient (Wildman–Crippen LogP) is 1.45. The number of hydrogen-bond donors (Lipinski definition) is 0. The first kappa shape index (κ1) is 12.2. The summed E-state index contributed by atoms with van der Waals surface area (Å²) in [7, 11) is 0. The maximum absolute atomic E-state index is 10.9. The fourth-order valence-corrected chi connectivity index (χ4v) is 0.970. The van der Waals surface area contributed by atoms with E-state index in [2.05, 4.69) is 18.7 Å². The van der Waals surface area contributed by atoms with Crippen molar-refractivity contribution in [1.82, 2.24) is 4.90 Å². The first-order valence-electron chi connectivity index (χ1n) is 4.80. The molecule has 0 saturated carbocycles. The first-order chi connectivity index (χ1) is 6.24. The smallest absolute Gasteiger partial charge is 0.330 e. The Balaban J connectivity index is 3.66. The molecule has 0 N–H and O–H groups in total. The summed E-state index contributed by atoms with van der Waals surface area (Å²) in [5.74, 6) is -0.255. The minimum atomic E-state index is -0.255. The van der Waals surface area contributed by atoms with Gasteiger partial charge in [0.25, 0.3) is 0 Å². The standard InChI is InChI=1S/C10H19NO2/c1-4-11(5-2)9-7-8-10(12)13-6-3/h7-8H,4-6,9H2,1-3H3. The van der Waals surface area contributed by atoms with E-state index in [0.717, 1.165) is 19.6 Å². The molecule has 0 aliphatic carbocycles. The number of likely N-dealkylation sites (N-methyl/N-ethyl adjacent to an activating group) is 1. The lowest BCUT2D eigenvalue weighted by atomic mass is 10.4. The fourth-order valence-electron chi connectivity index (χ4n) is 0.970. The van der Waals surface area contributed by atoms with Crippen LogP contribution in [0.3, 0.4) is 0 Å². The van der Waals surface area contributed by atoms with Crippen LogP contribution in [0, 0.1) is 0 Å². The Hall–Kier alpha value is -0.830. The Morgan fingerprint density at radius 3 is 2.38 bits per heavy atom. The van der Waals surface area contributed by atoms with Crippen LogP contribution in [0.5, 0.6) is 0 Å². The van der Waals surface area contributed by atoms with Gasteiger partial charge in [-0.25, -0.2) is 4.79 Å². The van der Waals surface area contributed by atoms with Gasteiger partial charge in [-0.3, -0.25) is 0 Å². The third-order valence-electron chi connectivity index (χ3n) is 1.80. The highest BCUT2D eigenvalue weighted by molar-refractivity contribution is 5.81. The van der Waals surface area contributed by atoms with Crippen LogP contribution in [-0.2, 0) is 9.53 Å². The van der Waals surface area contributed by atoms with Gasteiger partial charge in [-0.1, -0.05) is 19.9 Å². The molecule has 0 aromatic heterocycles. The van der Waals surface area contributed by atoms with E-state index in [-0.39, 0.29) is 5.97 Å². The normalized spacial score (nSPS) is 11.1. The van der Waals surface area contributed by atoms with Crippen LogP contribution in [0.25, 0.3) is 0 Å². The summed E-state index contributed by atoms with van der Waals surface area (Å²) < 4.78 is 4.75. The Morgan fingerprint density at radius 1 is 1.31 bits per heavy atom. The molecule has 0 atom stereocenters. The van der Waals surface area contributed by atoms with Gasteiger partial charge in [-0.05, 0) is 20.0 Å². The first-order valence-corrected chi connectivity index (χ1v) is 4.80. The second-order valence-electron chi connectivity index (χ2n) is 2.64. The molecule has 76 valence electrons. The number of esters is 1. The second kappa shape index (κ2) is 7.80. The quantitative estimate of drug-likeness (QED) is 0.463. The van der Waals surface area contributed by atoms with Crippen molar-refractivity contribution in [2.24, 2.45) is 0 Å². The summed E-state index contributed by atoms with van der Waals surface area (Å²) in [6.07, 6.45) is 3.33. The molecule has 0 aromatic rings. The number of nitrogens with zero attached hydrogens (tertiary/aromatic N) is 1. The molecule has 0 unspecified atom stereocenters. The van der Waals surface area contributed by atoms with Gasteiger partial charge in [-0.15, -0.1) is 0 Å². The molecule has 0 fully saturated rings. The Morgan fingerprint density at radius 2 is 1.92 bits per heavy atom. The minimum absolute atomic E-state index is 0.255. The highest BCUT2D eigenvalue weighted by atomic mass is 16.5. The molecule has 0 rings (SSSR count). The molecule has 0 spiro atoms. The van der Waals surface area contributed by atoms with Gasteiger partial charge < -0.3 is 9.64 Å². The van der Waals surface area contributed by atoms with Crippen LogP contribution in [0.15, 0.2) is 12.2 Å². The minimum Gasteiger partial charge on any atom is -0.463 e. The van der Waals surface area contributed by atoms with Gasteiger partial charge in [0, 0.05) is 12.6 Å². The predicted molar refractivity (Wildman–Crippen MR) is 53.6 cm³/mol. The molecule has 0 aliphatic heterocycles. The third-order valence-corrected chi connectivity index (χ3v) is 1.80. The lowest BCUT2D eigenvalue weighted by Gasteiger charge is -2.14. The summed E-state index contributed by atoms with van der Waals surface area (Å²) in [6.45, 7) is 9.26. The zero-order valence-electron chi connectivity index (χ0n) is 8.75. The summed E-state index contributed by atoms with van der Waals surface area (Å²) in [5.41, 5.74) is 0. The SMILES string of the molecule is CCOC(=O)C=CCN(CC)CC. The van der Waals surface area contributed by atoms with E-state index in [4.69, 9.17) is 4.74 Å². The molecule has 13 heavy (non-hydrogen) atoms. The number of carbonyl (C=O) groups excluding carboxylic acids is 1. The van der Waals surface area contributed by atoms with Gasteiger partial charge in [0.05, 0.1) is 6.61 Å². The van der Waals surface area contributed by atoms with Crippen molar-refractivity contribution in [2.45, 2.75) is 20.8 Å². The molecule has 0 amide bonds. The van der Waals surface area contributed by atoms with Crippen molar-refractivity contribution in [3.05, 3.63) is 12.2 Å². The van der Waals surface area contributed by atoms with Crippen LogP contribution in [-0.4, -0.2) is 37.1 Å². The van der Waals surface area contributed by atoms with Gasteiger partial charge >= 0.3 is 5.97 Å². The van der Waals surface area contributed by atoms with Gasteiger partial charge in [0.15, 0.2) is 0 Å². The van der Waals surface area contributed by atoms with Crippen molar-refractivity contribution in [3.8, 4) is 0 Å². The van der Waals surface area contributed by atoms with Gasteiger partial charge in [0.1, 0.15) is 0 Å². The van der Waals surface area contributed by atoms with Crippen LogP contribution in [0.1, 0.15) is 20.8 Å². The van der Waals surface area contributed by atoms with Crippen molar-refractivity contribution in [1.29, 1.82) is 0 Å². The van der Waals surface area contributed by atoms with Crippen LogP contribution >= 0.6 is 0 Å². The van der Waals surface area contributed by atoms with E-state index in [1.54, 1.807) is 6.92 Å². The molecule has 0 aliphatic rings. The number of rotatable bonds is 6. The summed E-state index contributed by atoms with van der Waals surface area (Å²) >= 11 is 0. The Kier molecular flexibility index (Phi) is 7.30. The molecule has 0 radical (unpaired) electrons. The summed E-state index contributed by atoms with van der Waals surface area (Å²) in [4.78, 5) is 13.1. The number of ether oxygens (including phenoxy) is 1. The molecular weight excluding hydrogens is 166 g/mol. The Labute approximate surface area is 80.4 Å². The molecule has 3 nitrogen and oxygen atoms in total.